The van der Waals surface area contributed by atoms with Gasteiger partial charge in [-0.1, -0.05) is 0 Å². The molecule has 2 heterocycles. The van der Waals surface area contributed by atoms with E-state index in [0.717, 1.165) is 34.2 Å². The predicted molar refractivity (Wildman–Crippen MR) is 39.9 cm³/mol. The molecular formula is H8Si5. The summed E-state index contributed by atoms with van der Waals surface area (Å²) < 4.78 is 0. The van der Waals surface area contributed by atoms with Crippen molar-refractivity contribution in [1.82, 2.24) is 0 Å². The highest BCUT2D eigenvalue weighted by atomic mass is 30.6. The van der Waals surface area contributed by atoms with Gasteiger partial charge in [0.1, 0.15) is 0 Å². The lowest BCUT2D eigenvalue weighted by Gasteiger charge is -1.57. The van der Waals surface area contributed by atoms with Gasteiger partial charge in [-0.15, -0.1) is 0 Å². The molecule has 0 radical (unpaired) electrons. The molecule has 0 N–H and O–H groups in total. The van der Waals surface area contributed by atoms with Crippen molar-refractivity contribution in [3.63, 3.8) is 0 Å². The molecule has 0 atom stereocenters. The van der Waals surface area contributed by atoms with E-state index in [2.05, 4.69) is 0 Å². The summed E-state index contributed by atoms with van der Waals surface area (Å²) in [6, 6.07) is 0. The molecule has 0 bridgehead atoms. The molecule has 0 unspecified atom stereocenters. The Labute approximate surface area is 40.8 Å². The second-order valence-electron chi connectivity index (χ2n) is 2.50. The Morgan fingerprint density at radius 3 is 1.20 bits per heavy atom. The van der Waals surface area contributed by atoms with Gasteiger partial charge in [0.05, 0.1) is 0 Å². The van der Waals surface area contributed by atoms with Crippen LogP contribution in [0, 0.1) is 0 Å². The Morgan fingerprint density at radius 1 is 0.800 bits per heavy atom. The Balaban J connectivity index is 2.30. The van der Waals surface area contributed by atoms with E-state index in [1.54, 1.807) is 0 Å². The van der Waals surface area contributed by atoms with Crippen molar-refractivity contribution in [1.29, 1.82) is 0 Å². The molecule has 0 nitrogen and oxygen atoms in total. The Morgan fingerprint density at radius 2 is 1.20 bits per heavy atom. The van der Waals surface area contributed by atoms with Crippen molar-refractivity contribution in [2.75, 3.05) is 0 Å². The molecule has 1 spiro atoms. The van der Waals surface area contributed by atoms with Crippen molar-refractivity contribution in [3.05, 3.63) is 0 Å². The average molecular weight is 148 g/mol. The normalized spacial score (nSPS) is 76.8. The fourth-order valence-electron chi connectivity index (χ4n) is 0.854. The lowest BCUT2D eigenvalue weighted by atomic mass is 26.5. The van der Waals surface area contributed by atoms with Crippen molar-refractivity contribution in [2.24, 2.45) is 0 Å². The maximum Gasteiger partial charge on any atom is -0.00480 e. The molecule has 2 rings (SSSR count). The zero-order valence-corrected chi connectivity index (χ0v) is 9.99. The van der Waals surface area contributed by atoms with E-state index in [4.69, 9.17) is 0 Å². The van der Waals surface area contributed by atoms with Gasteiger partial charge in [0.15, 0.2) is 0 Å². The van der Waals surface area contributed by atoms with Crippen molar-refractivity contribution < 1.29 is 0 Å². The van der Waals surface area contributed by atoms with E-state index in [0.29, 0.717) is 6.14 Å². The Kier molecular flexibility index (Phi) is 0.433. The molecule has 2 aliphatic rings. The van der Waals surface area contributed by atoms with Crippen LogP contribution in [0.4, 0.5) is 0 Å². The van der Waals surface area contributed by atoms with Gasteiger partial charge in [0.2, 0.25) is 0 Å². The molecule has 2 aliphatic heterocycles. The summed E-state index contributed by atoms with van der Waals surface area (Å²) in [5.41, 5.74) is 0. The maximum atomic E-state index is 1.01. The molecule has 0 aromatic rings. The minimum Gasteiger partial charge on any atom is -0.00828 e. The highest BCUT2D eigenvalue weighted by Gasteiger charge is 2.56. The van der Waals surface area contributed by atoms with Crippen LogP contribution in [0.25, 0.3) is 0 Å². The van der Waals surface area contributed by atoms with Crippen LogP contribution in [0.2, 0.25) is 0 Å². The zero-order valence-electron chi connectivity index (χ0n) is 3.33. The third-order valence-electron chi connectivity index (χ3n) is 1.91. The second kappa shape index (κ2) is 0.690. The molecule has 0 aromatic carbocycles. The molecule has 0 aliphatic carbocycles. The van der Waals surface area contributed by atoms with Crippen LogP contribution in [0.5, 0.6) is 0 Å². The van der Waals surface area contributed by atoms with Gasteiger partial charge in [-0.2, -0.15) is 0 Å². The van der Waals surface area contributed by atoms with Gasteiger partial charge < -0.3 is 0 Å². The zero-order chi connectivity index (χ0) is 3.33. The molecule has 2 fully saturated rings. The predicted octanol–water partition coefficient (Wildman–Crippen LogP) is -4.05. The summed E-state index contributed by atoms with van der Waals surface area (Å²) in [5, 5.41) is 0. The van der Waals surface area contributed by atoms with E-state index >= 15 is 0 Å². The molecule has 0 saturated carbocycles. The van der Waals surface area contributed by atoms with E-state index in [9.17, 15) is 0 Å². The Bertz CT molecular complexity index is 42.9. The summed E-state index contributed by atoms with van der Waals surface area (Å²) in [4.78, 5) is 0. The van der Waals surface area contributed by atoms with Gasteiger partial charge in [-0.25, -0.2) is 0 Å². The topological polar surface area (TPSA) is 0 Å². The molecule has 5 heavy (non-hydrogen) atoms. The third kappa shape index (κ3) is 0.394. The largest absolute Gasteiger partial charge is 0.00828 e. The van der Waals surface area contributed by atoms with Gasteiger partial charge in [0.25, 0.3) is 0 Å². The van der Waals surface area contributed by atoms with Crippen LogP contribution in [0.3, 0.4) is 0 Å². The van der Waals surface area contributed by atoms with Crippen LogP contribution in [0.1, 0.15) is 0 Å². The minimum atomic E-state index is 0.444. The smallest absolute Gasteiger partial charge is 0.00480 e. The first-order valence-corrected chi connectivity index (χ1v) is 21.7. The standard InChI is InChI=1S/H8Si5/c1-2-5(1)3-4-5/h1-4H2. The summed E-state index contributed by atoms with van der Waals surface area (Å²) >= 11 is 0. The number of rotatable bonds is 0. The van der Waals surface area contributed by atoms with Crippen LogP contribution < -0.4 is 0 Å². The molecule has 0 aromatic heterocycles. The van der Waals surface area contributed by atoms with E-state index in [1.165, 1.54) is 0 Å². The second-order valence-corrected chi connectivity index (χ2v) is 67.5. The third-order valence-corrected chi connectivity index (χ3v) is 128. The van der Waals surface area contributed by atoms with E-state index < -0.39 is 0 Å². The number of hydrogen-bond donors (Lipinski definition) is 0. The molecule has 28 valence electrons. The lowest BCUT2D eigenvalue weighted by Crippen LogP contribution is -1.94. The van der Waals surface area contributed by atoms with E-state index in [-0.39, 0.29) is 0 Å². The quantitative estimate of drug-likeness (QED) is 0.307. The van der Waals surface area contributed by atoms with Crippen molar-refractivity contribution in [3.8, 4) is 0 Å². The SMILES string of the molecule is [SiH2]1[SiH2][Si]12[SiH2][SiH2]2. The maximum absolute atomic E-state index is 1.01. The van der Waals surface area contributed by atoms with Gasteiger partial charge >= 0.3 is 0 Å². The highest BCUT2D eigenvalue weighted by molar-refractivity contribution is 8.32. The van der Waals surface area contributed by atoms with Crippen molar-refractivity contribution in [2.45, 2.75) is 0 Å². The van der Waals surface area contributed by atoms with Gasteiger partial charge in [-0.05, 0) is 40.4 Å². The van der Waals surface area contributed by atoms with Gasteiger partial charge in [0, 0.05) is 0 Å². The monoisotopic (exact) mass is 148 g/mol. The summed E-state index contributed by atoms with van der Waals surface area (Å²) in [6.07, 6.45) is 0.444. The minimum absolute atomic E-state index is 0.444. The van der Waals surface area contributed by atoms with Gasteiger partial charge in [-0.3, -0.25) is 0 Å². The van der Waals surface area contributed by atoms with E-state index in [1.807, 2.05) is 0 Å². The highest BCUT2D eigenvalue weighted by Crippen LogP contribution is 2.18. The first-order valence-electron chi connectivity index (χ1n) is 2.41. The first-order chi connectivity index (χ1) is 2.41. The average Bonchev–Trinajstić information content (AvgIpc) is 2.17. The summed E-state index contributed by atoms with van der Waals surface area (Å²) in [6.45, 7) is 0. The molecule has 0 amide bonds. The fraction of sp³-hybridized carbons (Fsp3) is 0. The summed E-state index contributed by atoms with van der Waals surface area (Å²) in [7, 11) is 4.03. The summed E-state index contributed by atoms with van der Waals surface area (Å²) in [5.74, 6) is 0. The van der Waals surface area contributed by atoms with Crippen LogP contribution >= 0.6 is 0 Å². The fourth-order valence-corrected chi connectivity index (χ4v) is 207. The number of hydrogen-bond acceptors (Lipinski definition) is 0. The molecular weight excluding hydrogens is 140 g/mol. The van der Waals surface area contributed by atoms with Crippen LogP contribution in [-0.4, -0.2) is 40.4 Å². The lowest BCUT2D eigenvalue weighted by molar-refractivity contribution is 4.19. The van der Waals surface area contributed by atoms with Crippen LogP contribution in [-0.2, 0) is 0 Å². The molecule has 2 saturated heterocycles. The van der Waals surface area contributed by atoms with Crippen LogP contribution in [0.15, 0.2) is 0 Å². The Hall–Kier alpha value is 1.08. The molecule has 5 heteroatoms. The van der Waals surface area contributed by atoms with Crippen molar-refractivity contribution >= 4 is 40.4 Å². The first kappa shape index (κ1) is 3.13.